The van der Waals surface area contributed by atoms with Gasteiger partial charge in [0.15, 0.2) is 0 Å². The molecule has 4 heteroatoms. The fraction of sp³-hybridized carbons (Fsp3) is 0.750. The summed E-state index contributed by atoms with van der Waals surface area (Å²) in [6.07, 6.45) is 3.26. The lowest BCUT2D eigenvalue weighted by atomic mass is 10.0. The molecule has 1 fully saturated rings. The van der Waals surface area contributed by atoms with E-state index in [-0.39, 0.29) is 0 Å². The number of hydrogen-bond donors (Lipinski definition) is 2. The lowest BCUT2D eigenvalue weighted by Crippen LogP contribution is -2.38. The van der Waals surface area contributed by atoms with Crippen LogP contribution in [0.5, 0.6) is 0 Å². The number of nitrogens with one attached hydrogen (secondary N) is 2. The summed E-state index contributed by atoms with van der Waals surface area (Å²) in [5.74, 6) is 0.790. The number of nitrogens with zero attached hydrogens (tertiary/aromatic N) is 1. The molecule has 0 bridgehead atoms. The van der Waals surface area contributed by atoms with Crippen molar-refractivity contribution in [2.45, 2.75) is 39.3 Å². The molecule has 0 aromatic carbocycles. The molecule has 2 heterocycles. The molecular formula is C12H21N3S. The average Bonchev–Trinajstić information content (AvgIpc) is 2.84. The molecule has 0 saturated carbocycles. The highest BCUT2D eigenvalue weighted by Crippen LogP contribution is 2.20. The first-order valence-electron chi connectivity index (χ1n) is 6.06. The topological polar surface area (TPSA) is 37.0 Å². The molecule has 3 nitrogen and oxygen atoms in total. The smallest absolute Gasteiger partial charge is 0.109 e. The summed E-state index contributed by atoms with van der Waals surface area (Å²) < 4.78 is 0. The molecule has 3 unspecified atom stereocenters. The van der Waals surface area contributed by atoms with Crippen molar-refractivity contribution in [3.05, 3.63) is 16.1 Å². The van der Waals surface area contributed by atoms with Crippen molar-refractivity contribution in [1.29, 1.82) is 0 Å². The predicted molar refractivity (Wildman–Crippen MR) is 68.8 cm³/mol. The van der Waals surface area contributed by atoms with Gasteiger partial charge in [0.2, 0.25) is 0 Å². The lowest BCUT2D eigenvalue weighted by Gasteiger charge is -2.19. The SMILES string of the molecule is Cc1cnc(C(C)NCC2NCCC2C)s1. The van der Waals surface area contributed by atoms with Crippen LogP contribution in [0, 0.1) is 12.8 Å². The number of aryl methyl sites for hydroxylation is 1. The van der Waals surface area contributed by atoms with E-state index in [4.69, 9.17) is 0 Å². The van der Waals surface area contributed by atoms with Crippen molar-refractivity contribution >= 4 is 11.3 Å². The molecule has 0 aliphatic carbocycles. The second-order valence-electron chi connectivity index (χ2n) is 4.77. The van der Waals surface area contributed by atoms with Gasteiger partial charge in [0.05, 0.1) is 6.04 Å². The third-order valence-electron chi connectivity index (χ3n) is 3.35. The largest absolute Gasteiger partial charge is 0.312 e. The van der Waals surface area contributed by atoms with Crippen LogP contribution in [-0.4, -0.2) is 24.1 Å². The van der Waals surface area contributed by atoms with Gasteiger partial charge >= 0.3 is 0 Å². The zero-order chi connectivity index (χ0) is 11.5. The van der Waals surface area contributed by atoms with Gasteiger partial charge in [0, 0.05) is 23.7 Å². The van der Waals surface area contributed by atoms with E-state index < -0.39 is 0 Å². The van der Waals surface area contributed by atoms with Crippen LogP contribution >= 0.6 is 11.3 Å². The summed E-state index contributed by atoms with van der Waals surface area (Å²) >= 11 is 1.79. The Labute approximate surface area is 102 Å². The van der Waals surface area contributed by atoms with E-state index >= 15 is 0 Å². The number of rotatable bonds is 4. The van der Waals surface area contributed by atoms with Crippen molar-refractivity contribution in [2.75, 3.05) is 13.1 Å². The minimum atomic E-state index is 0.369. The van der Waals surface area contributed by atoms with Crippen LogP contribution in [0.25, 0.3) is 0 Å². The van der Waals surface area contributed by atoms with Gasteiger partial charge in [-0.1, -0.05) is 6.92 Å². The third-order valence-corrected chi connectivity index (χ3v) is 4.44. The van der Waals surface area contributed by atoms with Crippen molar-refractivity contribution in [2.24, 2.45) is 5.92 Å². The number of hydrogen-bond acceptors (Lipinski definition) is 4. The molecule has 2 rings (SSSR count). The molecule has 1 aromatic heterocycles. The summed E-state index contributed by atoms with van der Waals surface area (Å²) in [5, 5.41) is 8.31. The van der Waals surface area contributed by atoms with Gasteiger partial charge in [0.1, 0.15) is 5.01 Å². The van der Waals surface area contributed by atoms with E-state index in [0.717, 1.165) is 19.0 Å². The third kappa shape index (κ3) is 2.81. The standard InChI is InChI=1S/C12H21N3S/c1-8-4-5-13-11(8)7-14-10(3)12-15-6-9(2)16-12/h6,8,10-11,13-14H,4-5,7H2,1-3H3. The summed E-state index contributed by atoms with van der Waals surface area (Å²) in [4.78, 5) is 5.70. The number of thiazole rings is 1. The maximum Gasteiger partial charge on any atom is 0.109 e. The van der Waals surface area contributed by atoms with E-state index in [2.05, 4.69) is 36.4 Å². The molecule has 3 atom stereocenters. The normalized spacial score (nSPS) is 27.2. The lowest BCUT2D eigenvalue weighted by molar-refractivity contribution is 0.425. The average molecular weight is 239 g/mol. The van der Waals surface area contributed by atoms with Gasteiger partial charge in [-0.3, -0.25) is 0 Å². The van der Waals surface area contributed by atoms with Gasteiger partial charge < -0.3 is 10.6 Å². The molecule has 1 aliphatic rings. The Bertz CT molecular complexity index is 337. The first-order valence-corrected chi connectivity index (χ1v) is 6.87. The van der Waals surface area contributed by atoms with Crippen LogP contribution in [0.1, 0.15) is 36.2 Å². The van der Waals surface area contributed by atoms with Gasteiger partial charge in [-0.25, -0.2) is 4.98 Å². The summed E-state index contributed by atoms with van der Waals surface area (Å²) in [5.41, 5.74) is 0. The van der Waals surface area contributed by atoms with Crippen LogP contribution in [0.15, 0.2) is 6.20 Å². The Morgan fingerprint density at radius 2 is 2.50 bits per heavy atom. The molecule has 1 aromatic rings. The van der Waals surface area contributed by atoms with E-state index in [0.29, 0.717) is 12.1 Å². The van der Waals surface area contributed by atoms with Crippen molar-refractivity contribution in [3.8, 4) is 0 Å². The monoisotopic (exact) mass is 239 g/mol. The molecule has 0 amide bonds. The van der Waals surface area contributed by atoms with Crippen LogP contribution in [0.2, 0.25) is 0 Å². The summed E-state index contributed by atoms with van der Waals surface area (Å²) in [6, 6.07) is 0.997. The predicted octanol–water partition coefficient (Wildman–Crippen LogP) is 2.10. The minimum Gasteiger partial charge on any atom is -0.312 e. The molecule has 0 spiro atoms. The Morgan fingerprint density at radius 1 is 1.69 bits per heavy atom. The molecule has 1 aliphatic heterocycles. The molecule has 0 radical (unpaired) electrons. The van der Waals surface area contributed by atoms with Crippen LogP contribution in [0.3, 0.4) is 0 Å². The van der Waals surface area contributed by atoms with E-state index in [9.17, 15) is 0 Å². The molecular weight excluding hydrogens is 218 g/mol. The second-order valence-corrected chi connectivity index (χ2v) is 6.03. The van der Waals surface area contributed by atoms with Gasteiger partial charge in [-0.05, 0) is 32.7 Å². The molecule has 2 N–H and O–H groups in total. The van der Waals surface area contributed by atoms with Crippen LogP contribution < -0.4 is 10.6 Å². The zero-order valence-corrected chi connectivity index (χ0v) is 11.1. The first-order chi connectivity index (χ1) is 7.66. The zero-order valence-electron chi connectivity index (χ0n) is 10.3. The highest BCUT2D eigenvalue weighted by Gasteiger charge is 2.23. The van der Waals surface area contributed by atoms with Crippen molar-refractivity contribution in [1.82, 2.24) is 15.6 Å². The van der Waals surface area contributed by atoms with Crippen molar-refractivity contribution < 1.29 is 0 Å². The highest BCUT2D eigenvalue weighted by molar-refractivity contribution is 7.11. The Kier molecular flexibility index (Phi) is 3.95. The fourth-order valence-electron chi connectivity index (χ4n) is 2.14. The first kappa shape index (κ1) is 12.0. The Morgan fingerprint density at radius 3 is 3.06 bits per heavy atom. The Balaban J connectivity index is 1.81. The van der Waals surface area contributed by atoms with Crippen molar-refractivity contribution in [3.63, 3.8) is 0 Å². The highest BCUT2D eigenvalue weighted by atomic mass is 32.1. The van der Waals surface area contributed by atoms with Gasteiger partial charge in [-0.2, -0.15) is 0 Å². The van der Waals surface area contributed by atoms with E-state index in [1.54, 1.807) is 11.3 Å². The maximum absolute atomic E-state index is 4.42. The summed E-state index contributed by atoms with van der Waals surface area (Å²) in [7, 11) is 0. The minimum absolute atomic E-state index is 0.369. The van der Waals surface area contributed by atoms with Crippen LogP contribution in [0.4, 0.5) is 0 Å². The molecule has 1 saturated heterocycles. The Hall–Kier alpha value is -0.450. The van der Waals surface area contributed by atoms with Gasteiger partial charge in [-0.15, -0.1) is 11.3 Å². The fourth-order valence-corrected chi connectivity index (χ4v) is 2.94. The number of aromatic nitrogens is 1. The van der Waals surface area contributed by atoms with Crippen LogP contribution in [-0.2, 0) is 0 Å². The maximum atomic E-state index is 4.42. The molecule has 16 heavy (non-hydrogen) atoms. The van der Waals surface area contributed by atoms with Gasteiger partial charge in [0.25, 0.3) is 0 Å². The van der Waals surface area contributed by atoms with E-state index in [1.165, 1.54) is 16.3 Å². The van der Waals surface area contributed by atoms with E-state index in [1.807, 2.05) is 6.20 Å². The molecule has 90 valence electrons. The summed E-state index contributed by atoms with van der Waals surface area (Å²) in [6.45, 7) is 8.83. The second kappa shape index (κ2) is 5.25. The quantitative estimate of drug-likeness (QED) is 0.845.